The number of aromatic nitrogens is 3. The van der Waals surface area contributed by atoms with E-state index < -0.39 is 0 Å². The molecule has 0 saturated heterocycles. The lowest BCUT2D eigenvalue weighted by atomic mass is 10.1. The van der Waals surface area contributed by atoms with Gasteiger partial charge in [-0.25, -0.2) is 0 Å². The fourth-order valence-corrected chi connectivity index (χ4v) is 3.64. The van der Waals surface area contributed by atoms with Gasteiger partial charge in [-0.3, -0.25) is 9.48 Å². The van der Waals surface area contributed by atoms with Gasteiger partial charge in [-0.05, 0) is 29.3 Å². The van der Waals surface area contributed by atoms with Crippen LogP contribution in [0.3, 0.4) is 0 Å². The number of nitrogens with one attached hydrogen (secondary N) is 1. The number of carbonyl (C=O) groups excluding carboxylic acids is 1. The van der Waals surface area contributed by atoms with Gasteiger partial charge in [-0.2, -0.15) is 5.10 Å². The second-order valence-corrected chi connectivity index (χ2v) is 7.65. The molecule has 0 radical (unpaired) electrons. The van der Waals surface area contributed by atoms with Gasteiger partial charge < -0.3 is 21.4 Å². The van der Waals surface area contributed by atoms with Gasteiger partial charge in [0.25, 0.3) is 5.91 Å². The quantitative estimate of drug-likeness (QED) is 0.422. The summed E-state index contributed by atoms with van der Waals surface area (Å²) >= 11 is 0. The highest BCUT2D eigenvalue weighted by Gasteiger charge is 2.16. The Balaban J connectivity index is 1.43. The number of hydrogen-bond acceptors (Lipinski definition) is 4. The van der Waals surface area contributed by atoms with Crippen LogP contribution in [0.5, 0.6) is 0 Å². The Bertz CT molecular complexity index is 1250. The number of nitrogens with two attached hydrogens (primary N) is 2. The molecule has 162 valence electrons. The summed E-state index contributed by atoms with van der Waals surface area (Å²) in [5.41, 5.74) is 17.6. The molecule has 0 atom stereocenters. The number of anilines is 1. The molecule has 2 aromatic carbocycles. The summed E-state index contributed by atoms with van der Waals surface area (Å²) in [4.78, 5) is 12.8. The first kappa shape index (κ1) is 21.0. The molecule has 2 aromatic heterocycles. The average Bonchev–Trinajstić information content (AvgIpc) is 3.36. The van der Waals surface area contributed by atoms with E-state index >= 15 is 0 Å². The number of benzene rings is 2. The van der Waals surface area contributed by atoms with Crippen molar-refractivity contribution < 1.29 is 4.79 Å². The largest absolute Gasteiger partial charge is 0.399 e. The number of hydrogen-bond donors (Lipinski definition) is 3. The molecule has 7 nitrogen and oxygen atoms in total. The highest BCUT2D eigenvalue weighted by Crippen LogP contribution is 2.23. The molecule has 1 amide bonds. The minimum atomic E-state index is -0.145. The molecule has 0 saturated carbocycles. The van der Waals surface area contributed by atoms with Gasteiger partial charge in [-0.1, -0.05) is 49.0 Å². The minimum Gasteiger partial charge on any atom is -0.399 e. The van der Waals surface area contributed by atoms with Crippen molar-refractivity contribution in [3.63, 3.8) is 0 Å². The standard InChI is InChI=1S/C25H26N6O/c1-17(26)21-12-13-31(24(21)27)20-10-8-19(9-11-20)15-28-25(32)22-16-29-30(2)23(22)14-18-6-4-3-5-7-18/h3-13,16H,1,14-15,26-27H2,2H3,(H,28,32). The zero-order chi connectivity index (χ0) is 22.7. The van der Waals surface area contributed by atoms with E-state index in [4.69, 9.17) is 11.5 Å². The van der Waals surface area contributed by atoms with Crippen LogP contribution in [0.2, 0.25) is 0 Å². The molecule has 0 bridgehead atoms. The van der Waals surface area contributed by atoms with Crippen LogP contribution in [-0.2, 0) is 20.0 Å². The van der Waals surface area contributed by atoms with E-state index in [0.717, 1.165) is 28.1 Å². The predicted molar refractivity (Wildman–Crippen MR) is 127 cm³/mol. The molecule has 0 fully saturated rings. The summed E-state index contributed by atoms with van der Waals surface area (Å²) in [6.45, 7) is 4.15. The molecule has 0 aliphatic carbocycles. The summed E-state index contributed by atoms with van der Waals surface area (Å²) in [5.74, 6) is 0.398. The van der Waals surface area contributed by atoms with Crippen LogP contribution in [0.1, 0.15) is 32.7 Å². The molecule has 0 aliphatic heterocycles. The maximum atomic E-state index is 12.8. The zero-order valence-corrected chi connectivity index (χ0v) is 18.0. The maximum Gasteiger partial charge on any atom is 0.255 e. The van der Waals surface area contributed by atoms with E-state index in [2.05, 4.69) is 17.0 Å². The van der Waals surface area contributed by atoms with Gasteiger partial charge in [0.15, 0.2) is 0 Å². The van der Waals surface area contributed by atoms with Gasteiger partial charge in [-0.15, -0.1) is 0 Å². The summed E-state index contributed by atoms with van der Waals surface area (Å²) in [6, 6.07) is 19.7. The summed E-state index contributed by atoms with van der Waals surface area (Å²) in [6.07, 6.45) is 4.12. The number of nitrogens with zero attached hydrogens (tertiary/aromatic N) is 3. The second kappa shape index (κ2) is 8.85. The third-order valence-electron chi connectivity index (χ3n) is 5.46. The number of amides is 1. The highest BCUT2D eigenvalue weighted by atomic mass is 16.1. The molecular weight excluding hydrogens is 400 g/mol. The Morgan fingerprint density at radius 3 is 2.41 bits per heavy atom. The molecule has 4 rings (SSSR count). The second-order valence-electron chi connectivity index (χ2n) is 7.65. The van der Waals surface area contributed by atoms with Crippen molar-refractivity contribution >= 4 is 17.4 Å². The number of rotatable bonds is 7. The minimum absolute atomic E-state index is 0.145. The Morgan fingerprint density at radius 2 is 1.75 bits per heavy atom. The molecule has 0 unspecified atom stereocenters. The Hall–Kier alpha value is -4.26. The van der Waals surface area contributed by atoms with Crippen LogP contribution in [0.25, 0.3) is 11.4 Å². The average molecular weight is 427 g/mol. The van der Waals surface area contributed by atoms with Crippen molar-refractivity contribution in [2.24, 2.45) is 12.8 Å². The van der Waals surface area contributed by atoms with Crippen molar-refractivity contribution in [2.75, 3.05) is 5.73 Å². The Kier molecular flexibility index (Phi) is 5.81. The van der Waals surface area contributed by atoms with Crippen LogP contribution in [-0.4, -0.2) is 20.3 Å². The first-order chi connectivity index (χ1) is 15.4. The third kappa shape index (κ3) is 4.27. The van der Waals surface area contributed by atoms with Gasteiger partial charge in [0.1, 0.15) is 5.82 Å². The molecular formula is C25H26N6O. The van der Waals surface area contributed by atoms with E-state index in [-0.39, 0.29) is 5.91 Å². The summed E-state index contributed by atoms with van der Waals surface area (Å²) < 4.78 is 3.60. The molecule has 4 aromatic rings. The predicted octanol–water partition coefficient (Wildman–Crippen LogP) is 3.24. The van der Waals surface area contributed by atoms with Crippen LogP contribution in [0, 0.1) is 0 Å². The van der Waals surface area contributed by atoms with Crippen LogP contribution in [0.15, 0.2) is 79.6 Å². The van der Waals surface area contributed by atoms with Gasteiger partial charge >= 0.3 is 0 Å². The molecule has 5 N–H and O–H groups in total. The number of carbonyl (C=O) groups is 1. The zero-order valence-electron chi connectivity index (χ0n) is 18.0. The SMILES string of the molecule is C=C(N)c1ccn(-c2ccc(CNC(=O)c3cnn(C)c3Cc3ccccc3)cc2)c1N. The van der Waals surface area contributed by atoms with Crippen LogP contribution < -0.4 is 16.8 Å². The smallest absolute Gasteiger partial charge is 0.255 e. The number of nitrogen functional groups attached to an aromatic ring is 1. The van der Waals surface area contributed by atoms with Crippen molar-refractivity contribution in [3.8, 4) is 5.69 Å². The van der Waals surface area contributed by atoms with E-state index in [1.54, 1.807) is 10.9 Å². The van der Waals surface area contributed by atoms with Gasteiger partial charge in [0.05, 0.1) is 17.5 Å². The molecule has 0 spiro atoms. The van der Waals surface area contributed by atoms with Crippen molar-refractivity contribution in [3.05, 3.63) is 108 Å². The molecule has 2 heterocycles. The Morgan fingerprint density at radius 1 is 1.03 bits per heavy atom. The summed E-state index contributed by atoms with van der Waals surface area (Å²) in [5, 5.41) is 7.28. The fraction of sp³-hybridized carbons (Fsp3) is 0.120. The van der Waals surface area contributed by atoms with E-state index in [1.165, 1.54) is 0 Å². The lowest BCUT2D eigenvalue weighted by Crippen LogP contribution is -2.24. The van der Waals surface area contributed by atoms with Crippen molar-refractivity contribution in [2.45, 2.75) is 13.0 Å². The molecule has 7 heteroatoms. The topological polar surface area (TPSA) is 104 Å². The van der Waals surface area contributed by atoms with E-state index in [9.17, 15) is 4.79 Å². The third-order valence-corrected chi connectivity index (χ3v) is 5.46. The fourth-order valence-electron chi connectivity index (χ4n) is 3.64. The van der Waals surface area contributed by atoms with E-state index in [0.29, 0.717) is 30.0 Å². The Labute approximate surface area is 187 Å². The monoisotopic (exact) mass is 426 g/mol. The lowest BCUT2D eigenvalue weighted by molar-refractivity contribution is 0.0950. The maximum absolute atomic E-state index is 12.8. The van der Waals surface area contributed by atoms with Gasteiger partial charge in [0.2, 0.25) is 0 Å². The molecule has 0 aliphatic rings. The van der Waals surface area contributed by atoms with Crippen LogP contribution in [0.4, 0.5) is 5.82 Å². The molecule has 32 heavy (non-hydrogen) atoms. The lowest BCUT2D eigenvalue weighted by Gasteiger charge is -2.10. The highest BCUT2D eigenvalue weighted by molar-refractivity contribution is 5.95. The number of aryl methyl sites for hydroxylation is 1. The first-order valence-electron chi connectivity index (χ1n) is 10.3. The van der Waals surface area contributed by atoms with E-state index in [1.807, 2.05) is 78.5 Å². The summed E-state index contributed by atoms with van der Waals surface area (Å²) in [7, 11) is 1.85. The van der Waals surface area contributed by atoms with Crippen molar-refractivity contribution in [1.29, 1.82) is 0 Å². The normalized spacial score (nSPS) is 10.8. The van der Waals surface area contributed by atoms with Gasteiger partial charge in [0, 0.05) is 43.2 Å². The van der Waals surface area contributed by atoms with Crippen molar-refractivity contribution in [1.82, 2.24) is 19.7 Å². The first-order valence-corrected chi connectivity index (χ1v) is 10.3. The van der Waals surface area contributed by atoms with Crippen LogP contribution >= 0.6 is 0 Å².